The van der Waals surface area contributed by atoms with Crippen molar-refractivity contribution in [2.45, 2.75) is 63.5 Å². The zero-order valence-electron chi connectivity index (χ0n) is 11.3. The molecular weight excluding hydrogens is 234 g/mol. The van der Waals surface area contributed by atoms with Gasteiger partial charge in [0, 0.05) is 17.8 Å². The maximum absolute atomic E-state index is 9.78. The summed E-state index contributed by atoms with van der Waals surface area (Å²) in [6, 6.07) is 0.577. The summed E-state index contributed by atoms with van der Waals surface area (Å²) in [5.41, 5.74) is 0. The Kier molecular flexibility index (Phi) is 7.51. The number of thioether (sulfide) groups is 1. The molecule has 3 atom stereocenters. The van der Waals surface area contributed by atoms with Crippen molar-refractivity contribution in [1.29, 1.82) is 0 Å². The van der Waals surface area contributed by atoms with Gasteiger partial charge in [0.1, 0.15) is 0 Å². The van der Waals surface area contributed by atoms with Crippen molar-refractivity contribution in [2.24, 2.45) is 0 Å². The van der Waals surface area contributed by atoms with Gasteiger partial charge in [-0.3, -0.25) is 0 Å². The Hall–Kier alpha value is 0.230. The second kappa shape index (κ2) is 8.35. The Morgan fingerprint density at radius 3 is 2.82 bits per heavy atom. The molecule has 0 amide bonds. The minimum atomic E-state index is -0.384. The summed E-state index contributed by atoms with van der Waals surface area (Å²) in [5, 5.41) is 14.0. The second-order valence-corrected chi connectivity index (χ2v) is 6.49. The molecule has 0 radical (unpaired) electrons. The molecule has 1 aliphatic carbocycles. The molecule has 0 heterocycles. The predicted octanol–water partition coefficient (Wildman–Crippen LogP) is 2.04. The Bertz CT molecular complexity index is 202. The van der Waals surface area contributed by atoms with E-state index in [4.69, 9.17) is 4.74 Å². The monoisotopic (exact) mass is 261 g/mol. The fourth-order valence-electron chi connectivity index (χ4n) is 2.22. The first-order chi connectivity index (χ1) is 8.13. The molecule has 0 aromatic heterocycles. The van der Waals surface area contributed by atoms with Crippen LogP contribution in [0.25, 0.3) is 0 Å². The standard InChI is InChI=1S/C13H27NO2S/c1-4-17-13-7-5-6-12(13)14-8-11(15)9-16-10(2)3/h10-15H,4-9H2,1-3H3. The normalized spacial score (nSPS) is 26.6. The molecule has 0 aromatic carbocycles. The lowest BCUT2D eigenvalue weighted by Gasteiger charge is -2.22. The van der Waals surface area contributed by atoms with Crippen LogP contribution in [-0.4, -0.2) is 47.5 Å². The van der Waals surface area contributed by atoms with Crippen molar-refractivity contribution in [3.05, 3.63) is 0 Å². The summed E-state index contributed by atoms with van der Waals surface area (Å²) in [7, 11) is 0. The highest BCUT2D eigenvalue weighted by Crippen LogP contribution is 2.29. The topological polar surface area (TPSA) is 41.5 Å². The SMILES string of the molecule is CCSC1CCCC1NCC(O)COC(C)C. The van der Waals surface area contributed by atoms with Gasteiger partial charge in [0.25, 0.3) is 0 Å². The van der Waals surface area contributed by atoms with Crippen molar-refractivity contribution in [3.63, 3.8) is 0 Å². The van der Waals surface area contributed by atoms with Crippen molar-refractivity contribution >= 4 is 11.8 Å². The first kappa shape index (κ1) is 15.3. The highest BCUT2D eigenvalue weighted by Gasteiger charge is 2.26. The first-order valence-electron chi connectivity index (χ1n) is 6.78. The summed E-state index contributed by atoms with van der Waals surface area (Å²) in [6.45, 7) is 7.28. The van der Waals surface area contributed by atoms with Gasteiger partial charge in [-0.2, -0.15) is 11.8 Å². The van der Waals surface area contributed by atoms with E-state index in [0.717, 1.165) is 5.25 Å². The maximum Gasteiger partial charge on any atom is 0.0897 e. The number of hydrogen-bond donors (Lipinski definition) is 2. The Balaban J connectivity index is 2.15. The van der Waals surface area contributed by atoms with Gasteiger partial charge in [-0.25, -0.2) is 0 Å². The molecule has 1 aliphatic rings. The molecule has 0 saturated heterocycles. The van der Waals surface area contributed by atoms with E-state index in [1.54, 1.807) is 0 Å². The van der Waals surface area contributed by atoms with Crippen molar-refractivity contribution < 1.29 is 9.84 Å². The molecule has 1 saturated carbocycles. The molecule has 1 fully saturated rings. The van der Waals surface area contributed by atoms with E-state index in [-0.39, 0.29) is 12.2 Å². The van der Waals surface area contributed by atoms with Gasteiger partial charge in [-0.15, -0.1) is 0 Å². The number of ether oxygens (including phenoxy) is 1. The Morgan fingerprint density at radius 1 is 1.41 bits per heavy atom. The Labute approximate surface area is 110 Å². The number of rotatable bonds is 8. The third-order valence-corrected chi connectivity index (χ3v) is 4.40. The number of nitrogens with one attached hydrogen (secondary N) is 1. The molecule has 0 spiro atoms. The van der Waals surface area contributed by atoms with Crippen LogP contribution in [0.3, 0.4) is 0 Å². The summed E-state index contributed by atoms with van der Waals surface area (Å²) < 4.78 is 5.40. The molecule has 2 N–H and O–H groups in total. The molecular formula is C13H27NO2S. The molecule has 0 aliphatic heterocycles. The fraction of sp³-hybridized carbons (Fsp3) is 1.00. The third-order valence-electron chi connectivity index (χ3n) is 3.07. The number of aliphatic hydroxyl groups is 1. The van der Waals surface area contributed by atoms with E-state index in [0.29, 0.717) is 19.2 Å². The van der Waals surface area contributed by atoms with Crippen molar-refractivity contribution in [3.8, 4) is 0 Å². The molecule has 3 nitrogen and oxygen atoms in total. The van der Waals surface area contributed by atoms with Gasteiger partial charge in [-0.05, 0) is 32.4 Å². The van der Waals surface area contributed by atoms with E-state index < -0.39 is 0 Å². The third kappa shape index (κ3) is 6.09. The number of aliphatic hydroxyl groups excluding tert-OH is 1. The maximum atomic E-state index is 9.78. The van der Waals surface area contributed by atoms with Crippen LogP contribution >= 0.6 is 11.8 Å². The quantitative estimate of drug-likeness (QED) is 0.701. The van der Waals surface area contributed by atoms with Gasteiger partial charge in [0.2, 0.25) is 0 Å². The van der Waals surface area contributed by atoms with Gasteiger partial charge in [0.15, 0.2) is 0 Å². The minimum absolute atomic E-state index is 0.194. The number of hydrogen-bond acceptors (Lipinski definition) is 4. The Morgan fingerprint density at radius 2 is 2.18 bits per heavy atom. The van der Waals surface area contributed by atoms with Gasteiger partial charge in [-0.1, -0.05) is 13.3 Å². The van der Waals surface area contributed by atoms with E-state index >= 15 is 0 Å². The van der Waals surface area contributed by atoms with Crippen LogP contribution in [0.15, 0.2) is 0 Å². The molecule has 3 unspecified atom stereocenters. The molecule has 102 valence electrons. The molecule has 17 heavy (non-hydrogen) atoms. The fourth-order valence-corrected chi connectivity index (χ4v) is 3.45. The summed E-state index contributed by atoms with van der Waals surface area (Å²) in [5.74, 6) is 1.18. The largest absolute Gasteiger partial charge is 0.389 e. The zero-order valence-corrected chi connectivity index (χ0v) is 12.1. The molecule has 0 aromatic rings. The zero-order chi connectivity index (χ0) is 12.7. The highest BCUT2D eigenvalue weighted by molar-refractivity contribution is 7.99. The lowest BCUT2D eigenvalue weighted by Crippen LogP contribution is -2.40. The average Bonchev–Trinajstić information content (AvgIpc) is 2.71. The lowest BCUT2D eigenvalue weighted by atomic mass is 10.2. The van der Waals surface area contributed by atoms with Crippen LogP contribution in [0, 0.1) is 0 Å². The van der Waals surface area contributed by atoms with Gasteiger partial charge >= 0.3 is 0 Å². The van der Waals surface area contributed by atoms with E-state index in [1.807, 2.05) is 25.6 Å². The van der Waals surface area contributed by atoms with E-state index in [9.17, 15) is 5.11 Å². The molecule has 0 bridgehead atoms. The van der Waals surface area contributed by atoms with Gasteiger partial charge in [0.05, 0.1) is 18.8 Å². The first-order valence-corrected chi connectivity index (χ1v) is 7.83. The average molecular weight is 261 g/mol. The summed E-state index contributed by atoms with van der Waals surface area (Å²) in [6.07, 6.45) is 3.68. The van der Waals surface area contributed by atoms with Crippen LogP contribution < -0.4 is 5.32 Å². The van der Waals surface area contributed by atoms with Gasteiger partial charge < -0.3 is 15.2 Å². The lowest BCUT2D eigenvalue weighted by molar-refractivity contribution is 0.00557. The van der Waals surface area contributed by atoms with Crippen LogP contribution in [0.5, 0.6) is 0 Å². The molecule has 1 rings (SSSR count). The van der Waals surface area contributed by atoms with Crippen molar-refractivity contribution in [2.75, 3.05) is 18.9 Å². The summed E-state index contributed by atoms with van der Waals surface area (Å²) >= 11 is 2.04. The smallest absolute Gasteiger partial charge is 0.0897 e. The van der Waals surface area contributed by atoms with Crippen LogP contribution in [-0.2, 0) is 4.74 Å². The van der Waals surface area contributed by atoms with E-state index in [1.165, 1.54) is 25.0 Å². The highest BCUT2D eigenvalue weighted by atomic mass is 32.2. The minimum Gasteiger partial charge on any atom is -0.389 e. The van der Waals surface area contributed by atoms with Crippen molar-refractivity contribution in [1.82, 2.24) is 5.32 Å². The van der Waals surface area contributed by atoms with Crippen LogP contribution in [0.1, 0.15) is 40.0 Å². The predicted molar refractivity (Wildman–Crippen MR) is 74.7 cm³/mol. The van der Waals surface area contributed by atoms with Crippen LogP contribution in [0.4, 0.5) is 0 Å². The molecule has 4 heteroatoms. The van der Waals surface area contributed by atoms with Crippen LogP contribution in [0.2, 0.25) is 0 Å². The second-order valence-electron chi connectivity index (χ2n) is 4.98. The van der Waals surface area contributed by atoms with E-state index in [2.05, 4.69) is 12.2 Å². The summed E-state index contributed by atoms with van der Waals surface area (Å²) in [4.78, 5) is 0.